The van der Waals surface area contributed by atoms with Gasteiger partial charge in [-0.2, -0.15) is 0 Å². The van der Waals surface area contributed by atoms with Crippen molar-refractivity contribution in [3.63, 3.8) is 0 Å². The Morgan fingerprint density at radius 3 is 2.78 bits per heavy atom. The number of carbonyl (C=O) groups is 1. The number of methoxy groups -OCH3 is 1. The number of hydrogen-bond acceptors (Lipinski definition) is 3. The molecule has 18 heavy (non-hydrogen) atoms. The zero-order valence-corrected chi connectivity index (χ0v) is 10.5. The summed E-state index contributed by atoms with van der Waals surface area (Å²) < 4.78 is 4.97. The Bertz CT molecular complexity index is 370. The van der Waals surface area contributed by atoms with E-state index < -0.39 is 0 Å². The van der Waals surface area contributed by atoms with Crippen LogP contribution in [0, 0.1) is 0 Å². The highest BCUT2D eigenvalue weighted by Crippen LogP contribution is 2.01. The molecule has 4 nitrogen and oxygen atoms in total. The van der Waals surface area contributed by atoms with E-state index in [0.29, 0.717) is 13.0 Å². The summed E-state index contributed by atoms with van der Waals surface area (Å²) in [7, 11) is 1.57. The Morgan fingerprint density at radius 1 is 1.44 bits per heavy atom. The maximum absolute atomic E-state index is 11.6. The molecule has 1 aromatic carbocycles. The maximum Gasteiger partial charge on any atom is 0.244 e. The lowest BCUT2D eigenvalue weighted by Crippen LogP contribution is -2.37. The molecule has 0 aromatic heterocycles. The maximum atomic E-state index is 11.6. The standard InChI is InChI=1S/C14H19NO3/c1-18-11-13(9-10-16)15-14(17)8-7-12-5-3-2-4-6-12/h2-8,13,16H,9-11H2,1H3,(H,15,17)/b8-7+. The van der Waals surface area contributed by atoms with Gasteiger partial charge in [-0.05, 0) is 18.1 Å². The van der Waals surface area contributed by atoms with Gasteiger partial charge in [0.25, 0.3) is 0 Å². The summed E-state index contributed by atoms with van der Waals surface area (Å²) in [5.74, 6) is -0.186. The lowest BCUT2D eigenvalue weighted by atomic mass is 10.2. The third kappa shape index (κ3) is 5.61. The molecule has 1 unspecified atom stereocenters. The van der Waals surface area contributed by atoms with Crippen molar-refractivity contribution in [3.8, 4) is 0 Å². The van der Waals surface area contributed by atoms with Crippen LogP contribution in [0.1, 0.15) is 12.0 Å². The van der Waals surface area contributed by atoms with Crippen molar-refractivity contribution < 1.29 is 14.6 Å². The van der Waals surface area contributed by atoms with Crippen LogP contribution in [-0.2, 0) is 9.53 Å². The van der Waals surface area contributed by atoms with Crippen LogP contribution in [-0.4, -0.2) is 37.4 Å². The predicted molar refractivity (Wildman–Crippen MR) is 71.0 cm³/mol. The van der Waals surface area contributed by atoms with Gasteiger partial charge in [0.1, 0.15) is 0 Å². The van der Waals surface area contributed by atoms with Gasteiger partial charge in [0.2, 0.25) is 5.91 Å². The second-order valence-electron chi connectivity index (χ2n) is 3.92. The largest absolute Gasteiger partial charge is 0.396 e. The molecule has 2 N–H and O–H groups in total. The second-order valence-corrected chi connectivity index (χ2v) is 3.92. The highest BCUT2D eigenvalue weighted by Gasteiger charge is 2.09. The molecule has 0 bridgehead atoms. The molecule has 0 radical (unpaired) electrons. The molecular weight excluding hydrogens is 230 g/mol. The number of aliphatic hydroxyl groups is 1. The molecule has 0 aliphatic rings. The number of aliphatic hydroxyl groups excluding tert-OH is 1. The van der Waals surface area contributed by atoms with E-state index in [4.69, 9.17) is 9.84 Å². The minimum atomic E-state index is -0.186. The smallest absolute Gasteiger partial charge is 0.244 e. The topological polar surface area (TPSA) is 58.6 Å². The highest BCUT2D eigenvalue weighted by atomic mass is 16.5. The van der Waals surface area contributed by atoms with Crippen LogP contribution in [0.15, 0.2) is 36.4 Å². The van der Waals surface area contributed by atoms with E-state index in [-0.39, 0.29) is 18.6 Å². The van der Waals surface area contributed by atoms with Crippen molar-refractivity contribution in [2.24, 2.45) is 0 Å². The molecule has 0 saturated heterocycles. The first-order chi connectivity index (χ1) is 8.76. The molecule has 0 saturated carbocycles. The van der Waals surface area contributed by atoms with Gasteiger partial charge >= 0.3 is 0 Å². The molecule has 0 fully saturated rings. The highest BCUT2D eigenvalue weighted by molar-refractivity contribution is 5.91. The van der Waals surface area contributed by atoms with Gasteiger partial charge in [-0.25, -0.2) is 0 Å². The Labute approximate surface area is 107 Å². The van der Waals surface area contributed by atoms with Crippen LogP contribution in [0.25, 0.3) is 6.08 Å². The van der Waals surface area contributed by atoms with Gasteiger partial charge in [0, 0.05) is 19.8 Å². The molecule has 1 aromatic rings. The minimum absolute atomic E-state index is 0.0245. The zero-order valence-electron chi connectivity index (χ0n) is 10.5. The van der Waals surface area contributed by atoms with E-state index in [1.165, 1.54) is 6.08 Å². The summed E-state index contributed by atoms with van der Waals surface area (Å²) in [4.78, 5) is 11.6. The third-order valence-electron chi connectivity index (χ3n) is 2.42. The van der Waals surface area contributed by atoms with Gasteiger partial charge in [-0.1, -0.05) is 30.3 Å². The zero-order chi connectivity index (χ0) is 13.2. The van der Waals surface area contributed by atoms with Crippen LogP contribution in [0.5, 0.6) is 0 Å². The SMILES string of the molecule is COCC(CCO)NC(=O)/C=C/c1ccccc1. The quantitative estimate of drug-likeness (QED) is 0.714. The lowest BCUT2D eigenvalue weighted by molar-refractivity contribution is -0.117. The Kier molecular flexibility index (Phi) is 6.76. The molecule has 0 aliphatic heterocycles. The van der Waals surface area contributed by atoms with Crippen LogP contribution >= 0.6 is 0 Å². The molecule has 1 rings (SSSR count). The molecular formula is C14H19NO3. The van der Waals surface area contributed by atoms with Crippen LogP contribution in [0.2, 0.25) is 0 Å². The molecule has 1 atom stereocenters. The fourth-order valence-electron chi connectivity index (χ4n) is 1.54. The number of hydrogen-bond donors (Lipinski definition) is 2. The number of nitrogens with one attached hydrogen (secondary N) is 1. The summed E-state index contributed by atoms with van der Waals surface area (Å²) in [6.45, 7) is 0.419. The summed E-state index contributed by atoms with van der Waals surface area (Å²) in [6.07, 6.45) is 3.71. The van der Waals surface area contributed by atoms with E-state index in [1.807, 2.05) is 30.3 Å². The van der Waals surface area contributed by atoms with Crippen molar-refractivity contribution in [1.29, 1.82) is 0 Å². The molecule has 98 valence electrons. The normalized spacial score (nSPS) is 12.6. The Morgan fingerprint density at radius 2 is 2.17 bits per heavy atom. The van der Waals surface area contributed by atoms with E-state index in [1.54, 1.807) is 13.2 Å². The average Bonchev–Trinajstić information content (AvgIpc) is 2.38. The van der Waals surface area contributed by atoms with E-state index in [9.17, 15) is 4.79 Å². The van der Waals surface area contributed by atoms with Crippen molar-refractivity contribution in [2.45, 2.75) is 12.5 Å². The molecule has 0 heterocycles. The first-order valence-corrected chi connectivity index (χ1v) is 5.89. The number of ether oxygens (including phenoxy) is 1. The fraction of sp³-hybridized carbons (Fsp3) is 0.357. The molecule has 0 spiro atoms. The number of benzene rings is 1. The van der Waals surface area contributed by atoms with E-state index in [0.717, 1.165) is 5.56 Å². The van der Waals surface area contributed by atoms with Gasteiger partial charge in [0.05, 0.1) is 12.6 Å². The summed E-state index contributed by atoms with van der Waals surface area (Å²) in [5.41, 5.74) is 0.970. The first-order valence-electron chi connectivity index (χ1n) is 5.89. The van der Waals surface area contributed by atoms with Crippen LogP contribution < -0.4 is 5.32 Å². The third-order valence-corrected chi connectivity index (χ3v) is 2.42. The monoisotopic (exact) mass is 249 g/mol. The summed E-state index contributed by atoms with van der Waals surface area (Å²) in [6, 6.07) is 9.43. The number of rotatable bonds is 7. The van der Waals surface area contributed by atoms with Gasteiger partial charge in [-0.15, -0.1) is 0 Å². The van der Waals surface area contributed by atoms with Crippen molar-refractivity contribution >= 4 is 12.0 Å². The lowest BCUT2D eigenvalue weighted by Gasteiger charge is -2.15. The minimum Gasteiger partial charge on any atom is -0.396 e. The summed E-state index contributed by atoms with van der Waals surface area (Å²) in [5, 5.41) is 11.6. The van der Waals surface area contributed by atoms with Gasteiger partial charge < -0.3 is 15.2 Å². The fourth-order valence-corrected chi connectivity index (χ4v) is 1.54. The molecule has 4 heteroatoms. The van der Waals surface area contributed by atoms with Crippen molar-refractivity contribution in [2.75, 3.05) is 20.3 Å². The van der Waals surface area contributed by atoms with E-state index >= 15 is 0 Å². The van der Waals surface area contributed by atoms with Crippen molar-refractivity contribution in [3.05, 3.63) is 42.0 Å². The van der Waals surface area contributed by atoms with Crippen LogP contribution in [0.3, 0.4) is 0 Å². The van der Waals surface area contributed by atoms with Gasteiger partial charge in [0.15, 0.2) is 0 Å². The average molecular weight is 249 g/mol. The van der Waals surface area contributed by atoms with Crippen molar-refractivity contribution in [1.82, 2.24) is 5.32 Å². The Hall–Kier alpha value is -1.65. The number of carbonyl (C=O) groups excluding carboxylic acids is 1. The van der Waals surface area contributed by atoms with E-state index in [2.05, 4.69) is 5.32 Å². The predicted octanol–water partition coefficient (Wildman–Crippen LogP) is 1.21. The number of amides is 1. The van der Waals surface area contributed by atoms with Gasteiger partial charge in [-0.3, -0.25) is 4.79 Å². The Balaban J connectivity index is 2.47. The molecule has 1 amide bonds. The second kappa shape index (κ2) is 8.44. The first kappa shape index (κ1) is 14.4. The molecule has 0 aliphatic carbocycles. The summed E-state index contributed by atoms with van der Waals surface area (Å²) >= 11 is 0. The van der Waals surface area contributed by atoms with Crippen LogP contribution in [0.4, 0.5) is 0 Å².